The molecule has 0 saturated heterocycles. The molecule has 0 spiro atoms. The highest BCUT2D eigenvalue weighted by atomic mass is 14.0. The summed E-state index contributed by atoms with van der Waals surface area (Å²) in [5.74, 6) is 0. The Morgan fingerprint density at radius 3 is 0.967 bits per heavy atom. The van der Waals surface area contributed by atoms with Crippen LogP contribution in [0.3, 0.4) is 0 Å². The van der Waals surface area contributed by atoms with E-state index in [2.05, 4.69) is 109 Å². The van der Waals surface area contributed by atoms with Crippen molar-refractivity contribution < 1.29 is 0 Å². The van der Waals surface area contributed by atoms with Gasteiger partial charge in [0, 0.05) is 0 Å². The lowest BCUT2D eigenvalue weighted by molar-refractivity contribution is 1.65. The van der Waals surface area contributed by atoms with E-state index in [1.54, 1.807) is 0 Å². The van der Waals surface area contributed by atoms with Gasteiger partial charge in [-0.15, -0.1) is 0 Å². The van der Waals surface area contributed by atoms with E-state index in [1.807, 2.05) is 36.4 Å². The summed E-state index contributed by atoms with van der Waals surface area (Å²) in [5, 5.41) is 5.25. The molecule has 0 bridgehead atoms. The van der Waals surface area contributed by atoms with E-state index in [0.29, 0.717) is 0 Å². The summed E-state index contributed by atoms with van der Waals surface area (Å²) in [7, 11) is 0. The van der Waals surface area contributed by atoms with E-state index in [0.717, 1.165) is 0 Å². The minimum atomic E-state index is 1.22. The molecule has 5 aromatic carbocycles. The van der Waals surface area contributed by atoms with Gasteiger partial charge in [0.2, 0.25) is 0 Å². The van der Waals surface area contributed by atoms with E-state index in [9.17, 15) is 0 Å². The van der Waals surface area contributed by atoms with Gasteiger partial charge in [-0.05, 0) is 44.8 Å². The monoisotopic (exact) mass is 384 g/mol. The molecule has 0 aliphatic heterocycles. The van der Waals surface area contributed by atoms with Crippen molar-refractivity contribution in [2.75, 3.05) is 0 Å². The molecule has 0 nitrogen and oxygen atoms in total. The topological polar surface area (TPSA) is 0 Å². The maximum Gasteiger partial charge on any atom is -0.0178 e. The Kier molecular flexibility index (Phi) is 6.50. The minimum absolute atomic E-state index is 1.22. The first-order chi connectivity index (χ1) is 14.9. The maximum atomic E-state index is 2.24. The molecule has 0 aromatic heterocycles. The molecule has 5 aromatic rings. The molecular formula is C30H24. The van der Waals surface area contributed by atoms with Crippen LogP contribution in [0.2, 0.25) is 0 Å². The first-order valence-electron chi connectivity index (χ1n) is 10.2. The number of hydrogen-bond donors (Lipinski definition) is 0. The van der Waals surface area contributed by atoms with Crippen molar-refractivity contribution >= 4 is 33.7 Å². The molecule has 0 atom stereocenters. The number of allylic oxidation sites excluding steroid dienone is 2. The lowest BCUT2D eigenvalue weighted by Gasteiger charge is -2.00. The van der Waals surface area contributed by atoms with Crippen LogP contribution in [0.5, 0.6) is 0 Å². The third-order valence-corrected chi connectivity index (χ3v) is 4.90. The molecule has 0 amide bonds. The van der Waals surface area contributed by atoms with Crippen LogP contribution in [0.4, 0.5) is 0 Å². The van der Waals surface area contributed by atoms with Gasteiger partial charge in [-0.1, -0.05) is 133 Å². The third kappa shape index (κ3) is 5.33. The molecule has 0 aliphatic rings. The van der Waals surface area contributed by atoms with Gasteiger partial charge in [-0.3, -0.25) is 0 Å². The Bertz CT molecular complexity index is 1110. The molecule has 144 valence electrons. The van der Waals surface area contributed by atoms with Crippen LogP contribution >= 0.6 is 0 Å². The van der Waals surface area contributed by atoms with Crippen LogP contribution < -0.4 is 0 Å². The van der Waals surface area contributed by atoms with Crippen LogP contribution in [0.25, 0.3) is 33.7 Å². The van der Waals surface area contributed by atoms with Crippen LogP contribution in [0.1, 0.15) is 11.1 Å². The fourth-order valence-electron chi connectivity index (χ4n) is 3.34. The fourth-order valence-corrected chi connectivity index (χ4v) is 3.34. The number of benzene rings is 5. The Morgan fingerprint density at radius 2 is 0.633 bits per heavy atom. The van der Waals surface area contributed by atoms with Gasteiger partial charge in [0.05, 0.1) is 0 Å². The van der Waals surface area contributed by atoms with E-state index >= 15 is 0 Å². The molecule has 0 saturated carbocycles. The Labute approximate surface area is 178 Å². The summed E-state index contributed by atoms with van der Waals surface area (Å²) in [6, 6.07) is 42.0. The highest BCUT2D eigenvalue weighted by molar-refractivity contribution is 5.98. The average Bonchev–Trinajstić information content (AvgIpc) is 2.82. The molecule has 5 rings (SSSR count). The van der Waals surface area contributed by atoms with E-state index in [-0.39, 0.29) is 0 Å². The largest absolute Gasteiger partial charge is 0.0622 e. The van der Waals surface area contributed by atoms with Gasteiger partial charge in [-0.25, -0.2) is 0 Å². The van der Waals surface area contributed by atoms with Gasteiger partial charge in [-0.2, -0.15) is 0 Å². The first-order valence-corrected chi connectivity index (χ1v) is 10.2. The molecule has 0 heterocycles. The van der Waals surface area contributed by atoms with E-state index in [4.69, 9.17) is 0 Å². The van der Waals surface area contributed by atoms with Crippen molar-refractivity contribution in [1.29, 1.82) is 0 Å². The second-order valence-electron chi connectivity index (χ2n) is 7.09. The summed E-state index contributed by atoms with van der Waals surface area (Å²) in [6.07, 6.45) is 8.31. The molecule has 0 unspecified atom stereocenters. The predicted octanol–water partition coefficient (Wildman–Crippen LogP) is 8.41. The van der Waals surface area contributed by atoms with Crippen molar-refractivity contribution in [1.82, 2.24) is 0 Å². The number of hydrogen-bond acceptors (Lipinski definition) is 0. The highest BCUT2D eigenvalue weighted by Gasteiger charge is 1.95. The van der Waals surface area contributed by atoms with Crippen LogP contribution in [0, 0.1) is 0 Å². The smallest absolute Gasteiger partial charge is 0.0178 e. The van der Waals surface area contributed by atoms with Crippen molar-refractivity contribution in [3.63, 3.8) is 0 Å². The summed E-state index contributed by atoms with van der Waals surface area (Å²) in [5.41, 5.74) is 2.44. The lowest BCUT2D eigenvalue weighted by Crippen LogP contribution is -1.74. The van der Waals surface area contributed by atoms with Crippen molar-refractivity contribution in [2.24, 2.45) is 0 Å². The predicted molar refractivity (Wildman–Crippen MR) is 132 cm³/mol. The molecule has 30 heavy (non-hydrogen) atoms. The SMILES string of the molecule is C(C=Cc1ccccc1)=Cc1ccccc1.c1ccc2cc3ccccc3cc2c1. The zero-order chi connectivity index (χ0) is 20.4. The van der Waals surface area contributed by atoms with Gasteiger partial charge in [0.1, 0.15) is 0 Å². The second kappa shape index (κ2) is 10.0. The normalized spacial score (nSPS) is 11.1. The summed E-state index contributed by atoms with van der Waals surface area (Å²) >= 11 is 0. The van der Waals surface area contributed by atoms with Crippen molar-refractivity contribution in [2.45, 2.75) is 0 Å². The maximum absolute atomic E-state index is 2.24. The third-order valence-electron chi connectivity index (χ3n) is 4.90. The fraction of sp³-hybridized carbons (Fsp3) is 0. The van der Waals surface area contributed by atoms with Gasteiger partial charge >= 0.3 is 0 Å². The molecule has 0 heteroatoms. The quantitative estimate of drug-likeness (QED) is 0.216. The van der Waals surface area contributed by atoms with Crippen LogP contribution in [-0.2, 0) is 0 Å². The van der Waals surface area contributed by atoms with Crippen molar-refractivity contribution in [3.05, 3.63) is 145 Å². The molecular weight excluding hydrogens is 360 g/mol. The lowest BCUT2D eigenvalue weighted by atomic mass is 10.0. The van der Waals surface area contributed by atoms with Gasteiger partial charge < -0.3 is 0 Å². The Balaban J connectivity index is 0.000000146. The van der Waals surface area contributed by atoms with E-state index in [1.165, 1.54) is 32.7 Å². The first kappa shape index (κ1) is 19.4. The summed E-state index contributed by atoms with van der Waals surface area (Å²) < 4.78 is 0. The minimum Gasteiger partial charge on any atom is -0.0622 e. The molecule has 0 radical (unpaired) electrons. The summed E-state index contributed by atoms with van der Waals surface area (Å²) in [4.78, 5) is 0. The zero-order valence-electron chi connectivity index (χ0n) is 16.9. The zero-order valence-corrected chi connectivity index (χ0v) is 16.9. The molecule has 0 fully saturated rings. The summed E-state index contributed by atoms with van der Waals surface area (Å²) in [6.45, 7) is 0. The standard InChI is InChI=1S/C16H14.C14H10/c1-3-9-15(10-4-1)13-7-8-14-16-11-5-2-6-12-16;1-2-6-12-10-14-8-4-3-7-13(14)9-11(12)5-1/h1-14H;1-10H. The van der Waals surface area contributed by atoms with E-state index < -0.39 is 0 Å². The van der Waals surface area contributed by atoms with Gasteiger partial charge in [0.15, 0.2) is 0 Å². The number of rotatable bonds is 3. The van der Waals surface area contributed by atoms with Gasteiger partial charge in [0.25, 0.3) is 0 Å². The van der Waals surface area contributed by atoms with Crippen LogP contribution in [-0.4, -0.2) is 0 Å². The average molecular weight is 385 g/mol. The molecule has 0 aliphatic carbocycles. The number of fused-ring (bicyclic) bond motifs is 2. The Morgan fingerprint density at radius 1 is 0.333 bits per heavy atom. The van der Waals surface area contributed by atoms with Crippen molar-refractivity contribution in [3.8, 4) is 0 Å². The second-order valence-corrected chi connectivity index (χ2v) is 7.09. The Hall–Kier alpha value is -3.90. The highest BCUT2D eigenvalue weighted by Crippen LogP contribution is 2.22. The van der Waals surface area contributed by atoms with Crippen LogP contribution in [0.15, 0.2) is 133 Å². The molecule has 0 N–H and O–H groups in total.